The van der Waals surface area contributed by atoms with E-state index in [1.54, 1.807) is 0 Å². The molecule has 2 aliphatic rings. The number of carboxylic acids is 1. The standard InChI is InChI=1S/C13H18N5O3S.C6H15P.Au/c19-11(20)4-2-1-3-10-12-9(7-22-10)15-13(21)18(12)6-8-5-14-17-16-8;1-4-7(5-2)6-3;/h9-10,12H,1-4,6-7H2,(H,15,21)(H,19,20)(H,14,16,17);4-6H2,1-3H3;/q-1;;+1/p+1. The zero-order chi connectivity index (χ0) is 21.2. The zero-order valence-corrected chi connectivity index (χ0v) is 21.9. The van der Waals surface area contributed by atoms with Crippen LogP contribution >= 0.6 is 19.7 Å². The van der Waals surface area contributed by atoms with Gasteiger partial charge in [-0.1, -0.05) is 6.42 Å². The van der Waals surface area contributed by atoms with Crippen molar-refractivity contribution in [2.75, 3.05) is 24.2 Å². The van der Waals surface area contributed by atoms with Gasteiger partial charge in [-0.25, -0.2) is 4.79 Å². The molecule has 11 heteroatoms. The van der Waals surface area contributed by atoms with Crippen molar-refractivity contribution in [1.82, 2.24) is 25.6 Å². The minimum atomic E-state index is -0.751. The first kappa shape index (κ1) is 27.4. The van der Waals surface area contributed by atoms with Crippen molar-refractivity contribution >= 4 is 31.7 Å². The Balaban J connectivity index is 0.000000489. The summed E-state index contributed by atoms with van der Waals surface area (Å²) < 4.78 is 0. The fourth-order valence-electron chi connectivity index (χ4n) is 3.85. The number of carboxylic acid groups (broad SMARTS) is 1. The normalized spacial score (nSPS) is 22.2. The number of H-pyrrole nitrogens is 1. The van der Waals surface area contributed by atoms with Crippen LogP contribution in [-0.2, 0) is 33.7 Å². The number of aliphatic carboxylic acids is 1. The zero-order valence-electron chi connectivity index (χ0n) is 17.9. The molecular weight excluding hydrogens is 606 g/mol. The van der Waals surface area contributed by atoms with E-state index in [1.807, 2.05) is 16.7 Å². The number of hydrogen-bond donors (Lipinski definition) is 3. The molecule has 8 nitrogen and oxygen atoms in total. The molecule has 2 aliphatic heterocycles. The first-order valence-electron chi connectivity index (χ1n) is 10.5. The SMILES string of the molecule is CC[PH+](CC)CC.O=C(O)CCCCC1SCC2NC(=O)N(Cc3[c-]nn[nH]3)C21.[Au+]. The van der Waals surface area contributed by atoms with Gasteiger partial charge in [0.1, 0.15) is 0 Å². The van der Waals surface area contributed by atoms with Crippen LogP contribution in [0.5, 0.6) is 0 Å². The average molecular weight is 641 g/mol. The van der Waals surface area contributed by atoms with Gasteiger partial charge >= 0.3 is 34.4 Å². The van der Waals surface area contributed by atoms with Crippen LogP contribution in [0.4, 0.5) is 4.79 Å². The number of hydrogen-bond acceptors (Lipinski definition) is 5. The maximum atomic E-state index is 12.1. The topological polar surface area (TPSA) is 111 Å². The van der Waals surface area contributed by atoms with Crippen LogP contribution in [0.15, 0.2) is 0 Å². The molecule has 0 spiro atoms. The molecule has 2 saturated heterocycles. The number of carbonyl (C=O) groups excluding carboxylic acids is 1. The van der Waals surface area contributed by atoms with Gasteiger partial charge in [0.2, 0.25) is 0 Å². The second-order valence-electron chi connectivity index (χ2n) is 7.40. The Hall–Kier alpha value is -0.600. The number of aromatic nitrogens is 3. The molecule has 1 aromatic heterocycles. The third-order valence-electron chi connectivity index (χ3n) is 5.59. The number of thioether (sulfide) groups is 1. The number of fused-ring (bicyclic) bond motifs is 1. The van der Waals surface area contributed by atoms with Gasteiger partial charge in [0.25, 0.3) is 0 Å². The Morgan fingerprint density at radius 1 is 1.30 bits per heavy atom. The van der Waals surface area contributed by atoms with Gasteiger partial charge in [-0.3, -0.25) is 9.89 Å². The second kappa shape index (κ2) is 14.5. The molecule has 0 aliphatic carbocycles. The van der Waals surface area contributed by atoms with Crippen molar-refractivity contribution < 1.29 is 37.1 Å². The maximum absolute atomic E-state index is 12.1. The van der Waals surface area contributed by atoms with Crippen molar-refractivity contribution in [2.24, 2.45) is 0 Å². The van der Waals surface area contributed by atoms with E-state index >= 15 is 0 Å². The molecule has 3 N–H and O–H groups in total. The molecule has 3 heterocycles. The van der Waals surface area contributed by atoms with Gasteiger partial charge in [-0.05, 0) is 41.5 Å². The van der Waals surface area contributed by atoms with E-state index in [0.717, 1.165) is 18.6 Å². The number of amides is 2. The number of unbranched alkanes of at least 4 members (excludes halogenated alkanes) is 1. The van der Waals surface area contributed by atoms with Crippen LogP contribution in [0.2, 0.25) is 0 Å². The van der Waals surface area contributed by atoms with Gasteiger partial charge in [-0.15, -0.1) is 10.9 Å². The molecule has 0 aromatic carbocycles. The van der Waals surface area contributed by atoms with E-state index in [-0.39, 0.29) is 54.8 Å². The van der Waals surface area contributed by atoms with E-state index in [1.165, 1.54) is 18.5 Å². The summed E-state index contributed by atoms with van der Waals surface area (Å²) in [6.45, 7) is 7.34. The minimum Gasteiger partial charge on any atom is -0.481 e. The minimum absolute atomic E-state index is 0. The Morgan fingerprint density at radius 2 is 2.00 bits per heavy atom. The Morgan fingerprint density at radius 3 is 2.53 bits per heavy atom. The Kier molecular flexibility index (Phi) is 13.2. The van der Waals surface area contributed by atoms with Crippen LogP contribution in [-0.4, -0.2) is 79.0 Å². The molecule has 2 fully saturated rings. The predicted molar refractivity (Wildman–Crippen MR) is 119 cm³/mol. The number of aromatic amines is 1. The maximum Gasteiger partial charge on any atom is 1.00 e. The smallest absolute Gasteiger partial charge is 0.481 e. The van der Waals surface area contributed by atoms with Crippen LogP contribution in [0.1, 0.15) is 52.1 Å². The summed E-state index contributed by atoms with van der Waals surface area (Å²) in [5.74, 6) is 0.153. The van der Waals surface area contributed by atoms with Gasteiger partial charge in [0.05, 0.1) is 30.6 Å². The quantitative estimate of drug-likeness (QED) is 0.119. The summed E-state index contributed by atoms with van der Waals surface area (Å²) in [5, 5.41) is 22.0. The van der Waals surface area contributed by atoms with Crippen molar-refractivity contribution in [3.63, 3.8) is 0 Å². The first-order chi connectivity index (χ1) is 14.0. The van der Waals surface area contributed by atoms with Gasteiger partial charge in [-0.2, -0.15) is 11.8 Å². The fraction of sp³-hybridized carbons (Fsp3) is 0.789. The molecule has 2 amide bonds. The number of carbonyl (C=O) groups is 2. The number of nitrogens with one attached hydrogen (secondary N) is 2. The number of urea groups is 1. The number of rotatable bonds is 10. The van der Waals surface area contributed by atoms with Crippen molar-refractivity contribution in [3.8, 4) is 0 Å². The van der Waals surface area contributed by atoms with E-state index in [0.29, 0.717) is 23.9 Å². The summed E-state index contributed by atoms with van der Waals surface area (Å²) in [6.07, 6.45) is 9.79. The molecule has 0 radical (unpaired) electrons. The molecule has 0 bridgehead atoms. The average Bonchev–Trinajstić information content (AvgIpc) is 3.41. The van der Waals surface area contributed by atoms with Crippen molar-refractivity contribution in [2.45, 2.75) is 70.3 Å². The Bertz CT molecular complexity index is 630. The predicted octanol–water partition coefficient (Wildman–Crippen LogP) is 2.89. The summed E-state index contributed by atoms with van der Waals surface area (Å²) >= 11 is 1.86. The van der Waals surface area contributed by atoms with Crippen LogP contribution in [0, 0.1) is 6.20 Å². The summed E-state index contributed by atoms with van der Waals surface area (Å²) in [6, 6.07) is 0.241. The molecule has 3 unspecified atom stereocenters. The third-order valence-corrected chi connectivity index (χ3v) is 10.1. The molecule has 30 heavy (non-hydrogen) atoms. The van der Waals surface area contributed by atoms with Crippen LogP contribution in [0.25, 0.3) is 0 Å². The monoisotopic (exact) mass is 640 g/mol. The number of nitrogens with zero attached hydrogens (tertiary/aromatic N) is 3. The summed E-state index contributed by atoms with van der Waals surface area (Å²) in [7, 11) is 0.137. The van der Waals surface area contributed by atoms with Crippen molar-refractivity contribution in [3.05, 3.63) is 11.9 Å². The first-order valence-corrected chi connectivity index (χ1v) is 13.7. The third kappa shape index (κ3) is 8.15. The molecule has 174 valence electrons. The molecule has 3 atom stereocenters. The largest absolute Gasteiger partial charge is 1.00 e. The van der Waals surface area contributed by atoms with Crippen LogP contribution in [0.3, 0.4) is 0 Å². The summed E-state index contributed by atoms with van der Waals surface area (Å²) in [4.78, 5) is 24.5. The van der Waals surface area contributed by atoms with Gasteiger partial charge in [0, 0.05) is 24.0 Å². The van der Waals surface area contributed by atoms with Crippen molar-refractivity contribution in [1.29, 1.82) is 0 Å². The van der Waals surface area contributed by atoms with E-state index in [9.17, 15) is 9.59 Å². The Labute approximate surface area is 200 Å². The van der Waals surface area contributed by atoms with E-state index in [2.05, 4.69) is 47.7 Å². The van der Waals surface area contributed by atoms with E-state index < -0.39 is 5.97 Å². The van der Waals surface area contributed by atoms with Gasteiger partial charge in [0.15, 0.2) is 0 Å². The summed E-state index contributed by atoms with van der Waals surface area (Å²) in [5.41, 5.74) is 0.692. The second-order valence-corrected chi connectivity index (χ2v) is 12.3. The molecular formula is C19H34AuN5O3PS+. The molecule has 0 saturated carbocycles. The van der Waals surface area contributed by atoms with E-state index in [4.69, 9.17) is 5.11 Å². The fourth-order valence-corrected chi connectivity index (χ4v) is 6.95. The van der Waals surface area contributed by atoms with Gasteiger partial charge < -0.3 is 26.6 Å². The molecule has 3 rings (SSSR count). The molecule has 1 aromatic rings. The van der Waals surface area contributed by atoms with Crippen LogP contribution < -0.4 is 5.32 Å².